The molecular formula is C8H8N2O. The second-order valence-corrected chi connectivity index (χ2v) is 2.08. The van der Waals surface area contributed by atoms with E-state index in [1.165, 1.54) is 0 Å². The summed E-state index contributed by atoms with van der Waals surface area (Å²) in [7, 11) is 0. The molecule has 0 saturated heterocycles. The Kier molecular flexibility index (Phi) is 2.09. The molecule has 3 N–H and O–H groups in total. The summed E-state index contributed by atoms with van der Waals surface area (Å²) in [5.41, 5.74) is 6.94. The van der Waals surface area contributed by atoms with Crippen molar-refractivity contribution in [3.63, 3.8) is 0 Å². The first-order chi connectivity index (χ1) is 5.26. The molecule has 0 radical (unpaired) electrons. The Balaban J connectivity index is 3.15. The van der Waals surface area contributed by atoms with E-state index in [0.29, 0.717) is 17.1 Å². The van der Waals surface area contributed by atoms with Crippen molar-refractivity contribution < 1.29 is 5.11 Å². The van der Waals surface area contributed by atoms with Gasteiger partial charge in [-0.1, -0.05) is 5.92 Å². The molecule has 1 aromatic heterocycles. The monoisotopic (exact) mass is 148 g/mol. The van der Waals surface area contributed by atoms with Gasteiger partial charge in [0.15, 0.2) is 0 Å². The van der Waals surface area contributed by atoms with E-state index >= 15 is 0 Å². The lowest BCUT2D eigenvalue weighted by Gasteiger charge is -1.98. The van der Waals surface area contributed by atoms with E-state index in [-0.39, 0.29) is 6.61 Å². The minimum absolute atomic E-state index is 0.139. The van der Waals surface area contributed by atoms with Crippen LogP contribution in [-0.2, 0) is 6.61 Å². The van der Waals surface area contributed by atoms with Crippen LogP contribution in [0.5, 0.6) is 0 Å². The largest absolute Gasteiger partial charge is 0.399 e. The number of aliphatic hydroxyl groups is 1. The highest BCUT2D eigenvalue weighted by molar-refractivity contribution is 5.44. The number of aliphatic hydroxyl groups excluding tert-OH is 1. The molecule has 0 aliphatic rings. The smallest absolute Gasteiger partial charge is 0.115 e. The highest BCUT2D eigenvalue weighted by atomic mass is 16.3. The van der Waals surface area contributed by atoms with Crippen LogP contribution in [-0.4, -0.2) is 10.1 Å². The van der Waals surface area contributed by atoms with Gasteiger partial charge in [-0.05, 0) is 12.1 Å². The third kappa shape index (κ3) is 1.69. The normalized spacial score (nSPS) is 9.09. The lowest BCUT2D eigenvalue weighted by Crippen LogP contribution is -1.95. The SMILES string of the molecule is C#Cc1cc(N)cc(CO)n1. The number of nitrogen functional groups attached to an aromatic ring is 1. The maximum Gasteiger partial charge on any atom is 0.115 e. The molecule has 0 amide bonds. The van der Waals surface area contributed by atoms with Crippen LogP contribution in [0.1, 0.15) is 11.4 Å². The third-order valence-corrected chi connectivity index (χ3v) is 1.21. The summed E-state index contributed by atoms with van der Waals surface area (Å²) in [5, 5.41) is 8.70. The van der Waals surface area contributed by atoms with Crippen LogP contribution in [0.25, 0.3) is 0 Å². The Bertz CT molecular complexity index is 301. The van der Waals surface area contributed by atoms with Gasteiger partial charge in [0.2, 0.25) is 0 Å². The van der Waals surface area contributed by atoms with Crippen molar-refractivity contribution >= 4 is 5.69 Å². The van der Waals surface area contributed by atoms with Crippen LogP contribution in [0.4, 0.5) is 5.69 Å². The van der Waals surface area contributed by atoms with Gasteiger partial charge in [0.1, 0.15) is 5.69 Å². The van der Waals surface area contributed by atoms with Crippen LogP contribution in [0.3, 0.4) is 0 Å². The van der Waals surface area contributed by atoms with E-state index in [1.54, 1.807) is 12.1 Å². The number of anilines is 1. The fraction of sp³-hybridized carbons (Fsp3) is 0.125. The maximum absolute atomic E-state index is 8.70. The molecule has 56 valence electrons. The van der Waals surface area contributed by atoms with Crippen LogP contribution < -0.4 is 5.73 Å². The van der Waals surface area contributed by atoms with Crippen molar-refractivity contribution in [2.75, 3.05) is 5.73 Å². The average molecular weight is 148 g/mol. The molecule has 0 spiro atoms. The number of nitrogens with two attached hydrogens (primary N) is 1. The van der Waals surface area contributed by atoms with E-state index < -0.39 is 0 Å². The summed E-state index contributed by atoms with van der Waals surface area (Å²) in [6, 6.07) is 3.17. The Morgan fingerprint density at radius 2 is 2.36 bits per heavy atom. The lowest BCUT2D eigenvalue weighted by molar-refractivity contribution is 0.277. The summed E-state index contributed by atoms with van der Waals surface area (Å²) in [6.07, 6.45) is 5.09. The average Bonchev–Trinajstić information content (AvgIpc) is 2.03. The Labute approximate surface area is 64.9 Å². The molecule has 0 aromatic carbocycles. The second kappa shape index (κ2) is 3.04. The number of aromatic nitrogens is 1. The zero-order valence-corrected chi connectivity index (χ0v) is 5.91. The molecule has 0 unspecified atom stereocenters. The van der Waals surface area contributed by atoms with Gasteiger partial charge in [-0.15, -0.1) is 6.42 Å². The highest BCUT2D eigenvalue weighted by Gasteiger charge is 1.96. The minimum atomic E-state index is -0.139. The fourth-order valence-electron chi connectivity index (χ4n) is 0.766. The summed E-state index contributed by atoms with van der Waals surface area (Å²) >= 11 is 0. The Morgan fingerprint density at radius 1 is 1.64 bits per heavy atom. The van der Waals surface area contributed by atoms with Crippen molar-refractivity contribution in [1.29, 1.82) is 0 Å². The molecule has 1 heterocycles. The number of pyridine rings is 1. The van der Waals surface area contributed by atoms with Gasteiger partial charge in [0.25, 0.3) is 0 Å². The molecule has 3 heteroatoms. The molecular weight excluding hydrogens is 140 g/mol. The first kappa shape index (κ1) is 7.58. The zero-order valence-electron chi connectivity index (χ0n) is 5.91. The van der Waals surface area contributed by atoms with Gasteiger partial charge in [0.05, 0.1) is 12.3 Å². The van der Waals surface area contributed by atoms with Gasteiger partial charge in [0, 0.05) is 5.69 Å². The Morgan fingerprint density at radius 3 is 2.91 bits per heavy atom. The molecule has 3 nitrogen and oxygen atoms in total. The highest BCUT2D eigenvalue weighted by Crippen LogP contribution is 2.06. The van der Waals surface area contributed by atoms with Gasteiger partial charge in [-0.25, -0.2) is 4.98 Å². The molecule has 0 aliphatic heterocycles. The predicted molar refractivity (Wildman–Crippen MR) is 42.5 cm³/mol. The van der Waals surface area contributed by atoms with Gasteiger partial charge in [-0.2, -0.15) is 0 Å². The standard InChI is InChI=1S/C8H8N2O/c1-2-7-3-6(9)4-8(5-11)10-7/h1,3-4,11H,5H2,(H2,9,10). The molecule has 1 aromatic rings. The summed E-state index contributed by atoms with van der Waals surface area (Å²) in [4.78, 5) is 3.90. The van der Waals surface area contributed by atoms with Crippen molar-refractivity contribution in [3.8, 4) is 12.3 Å². The second-order valence-electron chi connectivity index (χ2n) is 2.08. The van der Waals surface area contributed by atoms with Gasteiger partial charge >= 0.3 is 0 Å². The molecule has 0 saturated carbocycles. The maximum atomic E-state index is 8.70. The van der Waals surface area contributed by atoms with Crippen molar-refractivity contribution in [2.45, 2.75) is 6.61 Å². The van der Waals surface area contributed by atoms with Crippen LogP contribution >= 0.6 is 0 Å². The van der Waals surface area contributed by atoms with Crippen molar-refractivity contribution in [3.05, 3.63) is 23.5 Å². The third-order valence-electron chi connectivity index (χ3n) is 1.21. The molecule has 0 fully saturated rings. The van der Waals surface area contributed by atoms with Crippen LogP contribution in [0, 0.1) is 12.3 Å². The topological polar surface area (TPSA) is 59.1 Å². The molecule has 0 atom stereocenters. The number of nitrogens with zero attached hydrogens (tertiary/aromatic N) is 1. The summed E-state index contributed by atoms with van der Waals surface area (Å²) in [6.45, 7) is -0.139. The number of terminal acetylenes is 1. The quantitative estimate of drug-likeness (QED) is 0.557. The number of rotatable bonds is 1. The van der Waals surface area contributed by atoms with Gasteiger partial charge in [-0.3, -0.25) is 0 Å². The van der Waals surface area contributed by atoms with Crippen LogP contribution in [0.2, 0.25) is 0 Å². The molecule has 0 bridgehead atoms. The van der Waals surface area contributed by atoms with Crippen LogP contribution in [0.15, 0.2) is 12.1 Å². The zero-order chi connectivity index (χ0) is 8.27. The fourth-order valence-corrected chi connectivity index (χ4v) is 0.766. The summed E-state index contributed by atoms with van der Waals surface area (Å²) < 4.78 is 0. The van der Waals surface area contributed by atoms with Crippen molar-refractivity contribution in [1.82, 2.24) is 4.98 Å². The van der Waals surface area contributed by atoms with E-state index in [1.807, 2.05) is 0 Å². The van der Waals surface area contributed by atoms with E-state index in [2.05, 4.69) is 10.9 Å². The predicted octanol–water partition coefficient (Wildman–Crippen LogP) is 0.137. The molecule has 0 aliphatic carbocycles. The number of hydrogen-bond acceptors (Lipinski definition) is 3. The van der Waals surface area contributed by atoms with E-state index in [4.69, 9.17) is 17.3 Å². The first-order valence-corrected chi connectivity index (χ1v) is 3.10. The molecule has 1 rings (SSSR count). The summed E-state index contributed by atoms with van der Waals surface area (Å²) in [5.74, 6) is 2.34. The first-order valence-electron chi connectivity index (χ1n) is 3.10. The van der Waals surface area contributed by atoms with E-state index in [9.17, 15) is 0 Å². The number of hydrogen-bond donors (Lipinski definition) is 2. The molecule has 11 heavy (non-hydrogen) atoms. The Hall–Kier alpha value is -1.53. The lowest BCUT2D eigenvalue weighted by atomic mass is 10.3. The minimum Gasteiger partial charge on any atom is -0.399 e. The van der Waals surface area contributed by atoms with Gasteiger partial charge < -0.3 is 10.8 Å². The van der Waals surface area contributed by atoms with Crippen molar-refractivity contribution in [2.24, 2.45) is 0 Å². The van der Waals surface area contributed by atoms with E-state index in [0.717, 1.165) is 0 Å².